The Morgan fingerprint density at radius 3 is 3.00 bits per heavy atom. The first-order valence-electron chi connectivity index (χ1n) is 5.05. The zero-order valence-corrected chi connectivity index (χ0v) is 8.53. The molecule has 1 atom stereocenters. The summed E-state index contributed by atoms with van der Waals surface area (Å²) in [5, 5.41) is 8.77. The van der Waals surface area contributed by atoms with Gasteiger partial charge in [-0.15, -0.1) is 0 Å². The molecule has 1 heterocycles. The van der Waals surface area contributed by atoms with Crippen LogP contribution in [0.3, 0.4) is 0 Å². The van der Waals surface area contributed by atoms with Crippen LogP contribution in [0.4, 0.5) is 0 Å². The topological polar surface area (TPSA) is 53.3 Å². The minimum absolute atomic E-state index is 0.0412. The van der Waals surface area contributed by atoms with E-state index in [9.17, 15) is 4.79 Å². The van der Waals surface area contributed by atoms with E-state index in [0.29, 0.717) is 26.2 Å². The van der Waals surface area contributed by atoms with Crippen molar-refractivity contribution in [2.75, 3.05) is 26.3 Å². The van der Waals surface area contributed by atoms with Gasteiger partial charge in [-0.25, -0.2) is 0 Å². The van der Waals surface area contributed by atoms with E-state index in [0.717, 1.165) is 13.0 Å². The Morgan fingerprint density at radius 1 is 1.57 bits per heavy atom. The molecule has 14 heavy (non-hydrogen) atoms. The summed E-state index contributed by atoms with van der Waals surface area (Å²) in [6.07, 6.45) is 1.46. The van der Waals surface area contributed by atoms with Crippen molar-refractivity contribution in [1.82, 2.24) is 4.90 Å². The molecule has 1 saturated heterocycles. The number of hydrogen-bond donors (Lipinski definition) is 0. The molecular weight excluding hydrogens is 180 g/mol. The van der Waals surface area contributed by atoms with Gasteiger partial charge in [0.25, 0.3) is 0 Å². The highest BCUT2D eigenvalue weighted by Crippen LogP contribution is 2.09. The lowest BCUT2D eigenvalue weighted by Gasteiger charge is -2.21. The van der Waals surface area contributed by atoms with Crippen molar-refractivity contribution in [3.05, 3.63) is 0 Å². The van der Waals surface area contributed by atoms with E-state index in [1.807, 2.05) is 13.0 Å². The predicted molar refractivity (Wildman–Crippen MR) is 51.4 cm³/mol. The summed E-state index contributed by atoms with van der Waals surface area (Å²) < 4.78 is 5.25. The van der Waals surface area contributed by atoms with E-state index in [2.05, 4.69) is 0 Å². The molecule has 0 aromatic carbocycles. The maximum Gasteiger partial charge on any atom is 0.239 e. The third kappa shape index (κ3) is 2.71. The van der Waals surface area contributed by atoms with Gasteiger partial charge in [0.05, 0.1) is 12.7 Å². The molecule has 1 amide bonds. The molecule has 0 aliphatic carbocycles. The summed E-state index contributed by atoms with van der Waals surface area (Å²) in [7, 11) is 0. The van der Waals surface area contributed by atoms with E-state index in [1.165, 1.54) is 0 Å². The van der Waals surface area contributed by atoms with E-state index in [-0.39, 0.29) is 5.91 Å². The average molecular weight is 196 g/mol. The molecule has 0 N–H and O–H groups in total. The maximum absolute atomic E-state index is 11.8. The molecule has 0 aromatic heterocycles. The zero-order chi connectivity index (χ0) is 10.4. The number of nitriles is 1. The van der Waals surface area contributed by atoms with Crippen molar-refractivity contribution < 1.29 is 9.53 Å². The van der Waals surface area contributed by atoms with Crippen LogP contribution in [0.15, 0.2) is 0 Å². The SMILES string of the molecule is CCC(C#N)C(=O)N1CCCOCC1. The van der Waals surface area contributed by atoms with Crippen LogP contribution >= 0.6 is 0 Å². The van der Waals surface area contributed by atoms with Crippen LogP contribution < -0.4 is 0 Å². The molecule has 0 bridgehead atoms. The van der Waals surface area contributed by atoms with Crippen LogP contribution in [0.5, 0.6) is 0 Å². The second-order valence-corrected chi connectivity index (χ2v) is 3.38. The molecule has 4 nitrogen and oxygen atoms in total. The van der Waals surface area contributed by atoms with Gasteiger partial charge >= 0.3 is 0 Å². The molecule has 78 valence electrons. The lowest BCUT2D eigenvalue weighted by molar-refractivity contribution is -0.133. The van der Waals surface area contributed by atoms with Crippen LogP contribution in [0.25, 0.3) is 0 Å². The molecule has 0 aromatic rings. The van der Waals surface area contributed by atoms with Crippen LogP contribution in [0.1, 0.15) is 19.8 Å². The summed E-state index contributed by atoms with van der Waals surface area (Å²) in [4.78, 5) is 13.5. The molecule has 1 aliphatic heterocycles. The van der Waals surface area contributed by atoms with Gasteiger partial charge in [0, 0.05) is 19.7 Å². The van der Waals surface area contributed by atoms with Crippen LogP contribution in [-0.2, 0) is 9.53 Å². The molecular formula is C10H16N2O2. The Morgan fingerprint density at radius 2 is 2.36 bits per heavy atom. The number of hydrogen-bond acceptors (Lipinski definition) is 3. The summed E-state index contributed by atoms with van der Waals surface area (Å²) >= 11 is 0. The molecule has 0 radical (unpaired) electrons. The fourth-order valence-corrected chi connectivity index (χ4v) is 1.51. The van der Waals surface area contributed by atoms with Crippen molar-refractivity contribution in [1.29, 1.82) is 5.26 Å². The number of amides is 1. The van der Waals surface area contributed by atoms with Crippen molar-refractivity contribution in [3.8, 4) is 6.07 Å². The fourth-order valence-electron chi connectivity index (χ4n) is 1.51. The van der Waals surface area contributed by atoms with Gasteiger partial charge in [0.15, 0.2) is 0 Å². The lowest BCUT2D eigenvalue weighted by Crippen LogP contribution is -2.37. The Kier molecular flexibility index (Phi) is 4.41. The minimum atomic E-state index is -0.479. The number of ether oxygens (including phenoxy) is 1. The van der Waals surface area contributed by atoms with Gasteiger partial charge in [-0.1, -0.05) is 6.92 Å². The first kappa shape index (κ1) is 11.0. The third-order valence-corrected chi connectivity index (χ3v) is 2.40. The molecule has 4 heteroatoms. The minimum Gasteiger partial charge on any atom is -0.380 e. The maximum atomic E-state index is 11.8. The quantitative estimate of drug-likeness (QED) is 0.656. The Balaban J connectivity index is 2.53. The van der Waals surface area contributed by atoms with Crippen molar-refractivity contribution >= 4 is 5.91 Å². The largest absolute Gasteiger partial charge is 0.380 e. The van der Waals surface area contributed by atoms with Gasteiger partial charge < -0.3 is 9.64 Å². The number of carbonyl (C=O) groups is 1. The Bertz CT molecular complexity index is 227. The fraction of sp³-hybridized carbons (Fsp3) is 0.800. The van der Waals surface area contributed by atoms with Crippen LogP contribution in [-0.4, -0.2) is 37.1 Å². The second kappa shape index (κ2) is 5.61. The lowest BCUT2D eigenvalue weighted by atomic mass is 10.1. The highest BCUT2D eigenvalue weighted by molar-refractivity contribution is 5.81. The normalized spacial score (nSPS) is 19.6. The van der Waals surface area contributed by atoms with E-state index in [4.69, 9.17) is 10.00 Å². The summed E-state index contributed by atoms with van der Waals surface area (Å²) in [6.45, 7) is 4.51. The Hall–Kier alpha value is -1.08. The van der Waals surface area contributed by atoms with E-state index < -0.39 is 5.92 Å². The number of rotatable bonds is 2. The molecule has 1 aliphatic rings. The molecule has 1 fully saturated rings. The standard InChI is InChI=1S/C10H16N2O2/c1-2-9(8-11)10(13)12-4-3-6-14-7-5-12/h9H,2-7H2,1H3. The summed E-state index contributed by atoms with van der Waals surface area (Å²) in [5.41, 5.74) is 0. The molecule has 0 saturated carbocycles. The van der Waals surface area contributed by atoms with Crippen molar-refractivity contribution in [2.24, 2.45) is 5.92 Å². The van der Waals surface area contributed by atoms with Crippen molar-refractivity contribution in [2.45, 2.75) is 19.8 Å². The first-order valence-corrected chi connectivity index (χ1v) is 5.05. The third-order valence-electron chi connectivity index (χ3n) is 2.40. The molecule has 0 spiro atoms. The van der Waals surface area contributed by atoms with E-state index in [1.54, 1.807) is 4.90 Å². The van der Waals surface area contributed by atoms with Crippen molar-refractivity contribution in [3.63, 3.8) is 0 Å². The van der Waals surface area contributed by atoms with Crippen LogP contribution in [0, 0.1) is 17.2 Å². The Labute approximate surface area is 84.4 Å². The van der Waals surface area contributed by atoms with Gasteiger partial charge in [-0.2, -0.15) is 5.26 Å². The number of carbonyl (C=O) groups excluding carboxylic acids is 1. The van der Waals surface area contributed by atoms with Gasteiger partial charge in [0.1, 0.15) is 5.92 Å². The number of nitrogens with zero attached hydrogens (tertiary/aromatic N) is 2. The van der Waals surface area contributed by atoms with Gasteiger partial charge in [0.2, 0.25) is 5.91 Å². The second-order valence-electron chi connectivity index (χ2n) is 3.38. The van der Waals surface area contributed by atoms with Gasteiger partial charge in [-0.05, 0) is 12.8 Å². The summed E-state index contributed by atoms with van der Waals surface area (Å²) in [5.74, 6) is -0.520. The molecule has 1 rings (SSSR count). The predicted octanol–water partition coefficient (Wildman–Crippen LogP) is 0.785. The van der Waals surface area contributed by atoms with Crippen LogP contribution in [0.2, 0.25) is 0 Å². The first-order chi connectivity index (χ1) is 6.79. The summed E-state index contributed by atoms with van der Waals surface area (Å²) in [6, 6.07) is 2.04. The highest BCUT2D eigenvalue weighted by atomic mass is 16.5. The van der Waals surface area contributed by atoms with E-state index >= 15 is 0 Å². The average Bonchev–Trinajstić information content (AvgIpc) is 2.47. The molecule has 1 unspecified atom stereocenters. The van der Waals surface area contributed by atoms with Gasteiger partial charge in [-0.3, -0.25) is 4.79 Å². The monoisotopic (exact) mass is 196 g/mol. The zero-order valence-electron chi connectivity index (χ0n) is 8.53. The smallest absolute Gasteiger partial charge is 0.239 e. The highest BCUT2D eigenvalue weighted by Gasteiger charge is 2.23.